The highest BCUT2D eigenvalue weighted by atomic mass is 19.4. The summed E-state index contributed by atoms with van der Waals surface area (Å²) in [6, 6.07) is 1.95. The number of hydrogen-bond donors (Lipinski definition) is 2. The molecule has 1 aliphatic carbocycles. The molecule has 0 heterocycles. The van der Waals surface area contributed by atoms with E-state index in [9.17, 15) is 23.1 Å². The second kappa shape index (κ2) is 4.57. The average molecular weight is 290 g/mol. The van der Waals surface area contributed by atoms with E-state index >= 15 is 0 Å². The Balaban J connectivity index is 2.51. The predicted molar refractivity (Wildman–Crippen MR) is 62.8 cm³/mol. The largest absolute Gasteiger partial charge is 0.504 e. The van der Waals surface area contributed by atoms with Crippen LogP contribution in [0.5, 0.6) is 11.5 Å². The average Bonchev–Trinajstić information content (AvgIpc) is 3.06. The molecular weight excluding hydrogens is 277 g/mol. The number of halogens is 3. The Kier molecular flexibility index (Phi) is 3.31. The van der Waals surface area contributed by atoms with Gasteiger partial charge in [0.15, 0.2) is 11.5 Å². The lowest BCUT2D eigenvalue weighted by Crippen LogP contribution is -2.15. The number of carboxylic acids is 1. The third-order valence-corrected chi connectivity index (χ3v) is 3.56. The minimum Gasteiger partial charge on any atom is -0.504 e. The van der Waals surface area contributed by atoms with E-state index in [1.165, 1.54) is 0 Å². The molecule has 0 radical (unpaired) electrons. The Morgan fingerprint density at radius 1 is 1.40 bits per heavy atom. The second-order valence-corrected chi connectivity index (χ2v) is 4.89. The Labute approximate surface area is 112 Å². The highest BCUT2D eigenvalue weighted by molar-refractivity contribution is 5.71. The fourth-order valence-electron chi connectivity index (χ4n) is 2.41. The van der Waals surface area contributed by atoms with Crippen molar-refractivity contribution < 1.29 is 32.9 Å². The Hall–Kier alpha value is -1.92. The van der Waals surface area contributed by atoms with Gasteiger partial charge in [0.25, 0.3) is 0 Å². The summed E-state index contributed by atoms with van der Waals surface area (Å²) in [5.41, 5.74) is -1.66. The van der Waals surface area contributed by atoms with Crippen LogP contribution in [0.2, 0.25) is 0 Å². The van der Waals surface area contributed by atoms with Gasteiger partial charge >= 0.3 is 12.1 Å². The molecule has 0 unspecified atom stereocenters. The van der Waals surface area contributed by atoms with Crippen molar-refractivity contribution in [1.82, 2.24) is 0 Å². The van der Waals surface area contributed by atoms with Gasteiger partial charge in [0.1, 0.15) is 5.56 Å². The van der Waals surface area contributed by atoms with Crippen molar-refractivity contribution >= 4 is 5.97 Å². The number of alkyl halides is 3. The molecule has 0 aromatic heterocycles. The molecule has 2 N–H and O–H groups in total. The molecular formula is C13H13F3O4. The van der Waals surface area contributed by atoms with Crippen LogP contribution >= 0.6 is 0 Å². The number of carboxylic acid groups (broad SMARTS) is 1. The van der Waals surface area contributed by atoms with Crippen LogP contribution in [-0.2, 0) is 16.4 Å². The van der Waals surface area contributed by atoms with Crippen molar-refractivity contribution in [3.8, 4) is 11.5 Å². The van der Waals surface area contributed by atoms with E-state index < -0.39 is 34.6 Å². The maximum absolute atomic E-state index is 12.8. The van der Waals surface area contributed by atoms with Crippen LogP contribution in [-0.4, -0.2) is 23.3 Å². The lowest BCUT2D eigenvalue weighted by molar-refractivity contribution is -0.139. The smallest absolute Gasteiger partial charge is 0.420 e. The van der Waals surface area contributed by atoms with E-state index in [-0.39, 0.29) is 12.0 Å². The van der Waals surface area contributed by atoms with Crippen LogP contribution in [0.15, 0.2) is 12.1 Å². The molecule has 0 atom stereocenters. The number of phenols is 1. The quantitative estimate of drug-likeness (QED) is 0.894. The standard InChI is InChI=1S/C13H13F3O4/c1-20-11-8(13(14,15)16)3-2-7(10(11)19)12(4-5-12)6-9(17)18/h2-3,19H,4-6H2,1H3,(H,17,18). The van der Waals surface area contributed by atoms with Crippen molar-refractivity contribution in [1.29, 1.82) is 0 Å². The van der Waals surface area contributed by atoms with Gasteiger partial charge in [-0.2, -0.15) is 13.2 Å². The lowest BCUT2D eigenvalue weighted by Gasteiger charge is -2.20. The maximum atomic E-state index is 12.8. The van der Waals surface area contributed by atoms with Crippen molar-refractivity contribution in [3.63, 3.8) is 0 Å². The van der Waals surface area contributed by atoms with E-state index in [2.05, 4.69) is 4.74 Å². The topological polar surface area (TPSA) is 66.8 Å². The van der Waals surface area contributed by atoms with Crippen LogP contribution in [0.25, 0.3) is 0 Å². The van der Waals surface area contributed by atoms with E-state index in [0.29, 0.717) is 12.8 Å². The Morgan fingerprint density at radius 2 is 2.00 bits per heavy atom. The van der Waals surface area contributed by atoms with Gasteiger partial charge < -0.3 is 14.9 Å². The van der Waals surface area contributed by atoms with Gasteiger partial charge in [-0.15, -0.1) is 0 Å². The van der Waals surface area contributed by atoms with Gasteiger partial charge in [-0.05, 0) is 18.9 Å². The zero-order valence-corrected chi connectivity index (χ0v) is 10.6. The van der Waals surface area contributed by atoms with E-state index in [0.717, 1.165) is 19.2 Å². The molecule has 4 nitrogen and oxygen atoms in total. The molecule has 20 heavy (non-hydrogen) atoms. The van der Waals surface area contributed by atoms with Crippen LogP contribution in [0.3, 0.4) is 0 Å². The molecule has 0 saturated heterocycles. The van der Waals surface area contributed by atoms with Crippen molar-refractivity contribution in [2.45, 2.75) is 30.9 Å². The molecule has 1 fully saturated rings. The van der Waals surface area contributed by atoms with Gasteiger partial charge in [0.05, 0.1) is 13.5 Å². The zero-order valence-electron chi connectivity index (χ0n) is 10.6. The number of aliphatic carboxylic acids is 1. The summed E-state index contributed by atoms with van der Waals surface area (Å²) in [6.45, 7) is 0. The number of rotatable bonds is 4. The van der Waals surface area contributed by atoms with Gasteiger partial charge in [0, 0.05) is 11.0 Å². The van der Waals surface area contributed by atoms with E-state index in [4.69, 9.17) is 5.11 Å². The fraction of sp³-hybridized carbons (Fsp3) is 0.462. The van der Waals surface area contributed by atoms with Crippen molar-refractivity contribution in [2.24, 2.45) is 0 Å². The number of ether oxygens (including phenoxy) is 1. The zero-order chi connectivity index (χ0) is 15.1. The van der Waals surface area contributed by atoms with Crippen molar-refractivity contribution in [2.75, 3.05) is 7.11 Å². The normalized spacial score (nSPS) is 16.8. The number of phenolic OH excluding ortho intramolecular Hbond substituents is 1. The first-order valence-corrected chi connectivity index (χ1v) is 5.91. The van der Waals surface area contributed by atoms with Gasteiger partial charge in [-0.3, -0.25) is 4.79 Å². The highest BCUT2D eigenvalue weighted by Gasteiger charge is 2.49. The summed E-state index contributed by atoms with van der Waals surface area (Å²) in [5, 5.41) is 18.9. The predicted octanol–water partition coefficient (Wildman–Crippen LogP) is 2.93. The van der Waals surface area contributed by atoms with Crippen LogP contribution in [0.4, 0.5) is 13.2 Å². The number of hydrogen-bond acceptors (Lipinski definition) is 3. The molecule has 0 bridgehead atoms. The number of carbonyl (C=O) groups is 1. The number of aromatic hydroxyl groups is 1. The van der Waals surface area contributed by atoms with Gasteiger partial charge in [0.2, 0.25) is 0 Å². The molecule has 1 aromatic carbocycles. The van der Waals surface area contributed by atoms with Crippen molar-refractivity contribution in [3.05, 3.63) is 23.3 Å². The molecule has 1 saturated carbocycles. The number of methoxy groups -OCH3 is 1. The minimum atomic E-state index is -4.65. The second-order valence-electron chi connectivity index (χ2n) is 4.89. The number of benzene rings is 1. The summed E-state index contributed by atoms with van der Waals surface area (Å²) in [4.78, 5) is 10.8. The first-order valence-electron chi connectivity index (χ1n) is 5.91. The fourth-order valence-corrected chi connectivity index (χ4v) is 2.41. The van der Waals surface area contributed by atoms with E-state index in [1.54, 1.807) is 0 Å². The SMILES string of the molecule is COc1c(C(F)(F)F)ccc(C2(CC(=O)O)CC2)c1O. The molecule has 0 spiro atoms. The Morgan fingerprint density at radius 3 is 2.40 bits per heavy atom. The highest BCUT2D eigenvalue weighted by Crippen LogP contribution is 2.56. The molecule has 110 valence electrons. The summed E-state index contributed by atoms with van der Waals surface area (Å²) in [7, 11) is 1.03. The third-order valence-electron chi connectivity index (χ3n) is 3.56. The first-order chi connectivity index (χ1) is 9.21. The molecule has 2 rings (SSSR count). The Bertz CT molecular complexity index is 547. The summed E-state index contributed by atoms with van der Waals surface area (Å²) >= 11 is 0. The molecule has 0 amide bonds. The molecule has 1 aromatic rings. The lowest BCUT2D eigenvalue weighted by atomic mass is 9.90. The van der Waals surface area contributed by atoms with Crippen LogP contribution in [0.1, 0.15) is 30.4 Å². The van der Waals surface area contributed by atoms with Gasteiger partial charge in [-0.25, -0.2) is 0 Å². The molecule has 7 heteroatoms. The molecule has 1 aliphatic rings. The van der Waals surface area contributed by atoms with E-state index in [1.807, 2.05) is 0 Å². The third kappa shape index (κ3) is 2.39. The van der Waals surface area contributed by atoms with Crippen LogP contribution < -0.4 is 4.74 Å². The van der Waals surface area contributed by atoms with Gasteiger partial charge in [-0.1, -0.05) is 6.07 Å². The summed E-state index contributed by atoms with van der Waals surface area (Å²) < 4.78 is 43.0. The first kappa shape index (κ1) is 14.5. The monoisotopic (exact) mass is 290 g/mol. The van der Waals surface area contributed by atoms with Crippen LogP contribution in [0, 0.1) is 0 Å². The minimum absolute atomic E-state index is 0.199. The maximum Gasteiger partial charge on any atom is 0.420 e. The summed E-state index contributed by atoms with van der Waals surface area (Å²) in [6.07, 6.45) is -3.84. The summed E-state index contributed by atoms with van der Waals surface area (Å²) in [5.74, 6) is -2.34. The molecule has 0 aliphatic heterocycles.